The molecule has 0 saturated heterocycles. The van der Waals surface area contributed by atoms with E-state index in [1.165, 1.54) is 11.1 Å². The number of aryl methyl sites for hydroxylation is 1. The number of carbonyl (C=O) groups is 1. The van der Waals surface area contributed by atoms with Crippen LogP contribution in [0.1, 0.15) is 17.5 Å². The Bertz CT molecular complexity index is 349. The van der Waals surface area contributed by atoms with Gasteiger partial charge in [0.05, 0.1) is 13.2 Å². The summed E-state index contributed by atoms with van der Waals surface area (Å²) in [5.41, 5.74) is 2.49. The van der Waals surface area contributed by atoms with Crippen molar-refractivity contribution in [3.63, 3.8) is 0 Å². The van der Waals surface area contributed by atoms with Gasteiger partial charge in [-0.3, -0.25) is 0 Å². The molecule has 0 fully saturated rings. The number of hydrogen-bond donors (Lipinski definition) is 1. The molecular formula is C12H15NO2. The third-order valence-electron chi connectivity index (χ3n) is 2.53. The van der Waals surface area contributed by atoms with Crippen LogP contribution in [0.5, 0.6) is 5.75 Å². The highest BCUT2D eigenvalue weighted by atomic mass is 16.5. The lowest BCUT2D eigenvalue weighted by Gasteiger charge is -2.17. The Balaban J connectivity index is 2.03. The lowest BCUT2D eigenvalue weighted by molar-refractivity contribution is -0.107. The summed E-state index contributed by atoms with van der Waals surface area (Å²) in [6.07, 6.45) is 3.07. The molecule has 0 radical (unpaired) electrons. The van der Waals surface area contributed by atoms with Crippen molar-refractivity contribution in [1.29, 1.82) is 0 Å². The zero-order valence-electron chi connectivity index (χ0n) is 8.66. The molecule has 0 atom stereocenters. The minimum absolute atomic E-state index is 0.410. The molecule has 0 aromatic heterocycles. The molecule has 2 rings (SSSR count). The molecule has 0 amide bonds. The second kappa shape index (κ2) is 4.94. The van der Waals surface area contributed by atoms with Gasteiger partial charge in [-0.05, 0) is 30.0 Å². The maximum absolute atomic E-state index is 10.1. The molecule has 3 nitrogen and oxygen atoms in total. The van der Waals surface area contributed by atoms with Crippen LogP contribution in [0.2, 0.25) is 0 Å². The number of fused-ring (bicyclic) bond motifs is 1. The predicted octanol–water partition coefficient (Wildman–Crippen LogP) is 1.30. The molecule has 1 N–H and O–H groups in total. The highest BCUT2D eigenvalue weighted by molar-refractivity contribution is 5.51. The number of aldehydes is 1. The van der Waals surface area contributed by atoms with Crippen LogP contribution in [-0.4, -0.2) is 19.4 Å². The van der Waals surface area contributed by atoms with Gasteiger partial charge in [0.2, 0.25) is 0 Å². The number of benzene rings is 1. The van der Waals surface area contributed by atoms with E-state index in [0.717, 1.165) is 38.0 Å². The van der Waals surface area contributed by atoms with E-state index in [2.05, 4.69) is 11.4 Å². The Morgan fingerprint density at radius 2 is 2.40 bits per heavy atom. The SMILES string of the molecule is O=CCNCc1ccc2c(c1)CCCO2. The normalized spacial score (nSPS) is 14.1. The molecule has 0 spiro atoms. The standard InChI is InChI=1S/C12H15NO2/c14-6-5-13-9-10-3-4-12-11(8-10)2-1-7-15-12/h3-4,6,8,13H,1-2,5,7,9H2. The summed E-state index contributed by atoms with van der Waals surface area (Å²) in [7, 11) is 0. The van der Waals surface area contributed by atoms with Crippen molar-refractivity contribution in [2.75, 3.05) is 13.2 Å². The monoisotopic (exact) mass is 205 g/mol. The van der Waals surface area contributed by atoms with Crippen molar-refractivity contribution in [3.8, 4) is 5.75 Å². The van der Waals surface area contributed by atoms with Gasteiger partial charge in [0, 0.05) is 6.54 Å². The van der Waals surface area contributed by atoms with E-state index in [4.69, 9.17) is 4.74 Å². The average Bonchev–Trinajstić information content (AvgIpc) is 2.29. The maximum Gasteiger partial charge on any atom is 0.133 e. The van der Waals surface area contributed by atoms with Crippen LogP contribution in [0.15, 0.2) is 18.2 Å². The Morgan fingerprint density at radius 1 is 1.47 bits per heavy atom. The van der Waals surface area contributed by atoms with Gasteiger partial charge in [0.25, 0.3) is 0 Å². The van der Waals surface area contributed by atoms with Crippen molar-refractivity contribution >= 4 is 6.29 Å². The van der Waals surface area contributed by atoms with Gasteiger partial charge in [-0.15, -0.1) is 0 Å². The van der Waals surface area contributed by atoms with Crippen LogP contribution in [0.3, 0.4) is 0 Å². The largest absolute Gasteiger partial charge is 0.493 e. The Labute approximate surface area is 89.4 Å². The Hall–Kier alpha value is -1.35. The quantitative estimate of drug-likeness (QED) is 0.594. The number of nitrogens with one attached hydrogen (secondary N) is 1. The number of hydrogen-bond acceptors (Lipinski definition) is 3. The van der Waals surface area contributed by atoms with E-state index in [-0.39, 0.29) is 0 Å². The summed E-state index contributed by atoms with van der Waals surface area (Å²) < 4.78 is 5.53. The minimum Gasteiger partial charge on any atom is -0.493 e. The topological polar surface area (TPSA) is 38.3 Å². The molecule has 0 unspecified atom stereocenters. The van der Waals surface area contributed by atoms with E-state index in [1.54, 1.807) is 0 Å². The second-order valence-electron chi connectivity index (χ2n) is 3.69. The first-order valence-electron chi connectivity index (χ1n) is 5.29. The lowest BCUT2D eigenvalue weighted by Crippen LogP contribution is -2.16. The van der Waals surface area contributed by atoms with Crippen LogP contribution in [0.4, 0.5) is 0 Å². The molecule has 1 aliphatic heterocycles. The molecule has 1 aromatic carbocycles. The molecule has 0 aliphatic carbocycles. The van der Waals surface area contributed by atoms with Crippen LogP contribution >= 0.6 is 0 Å². The maximum atomic E-state index is 10.1. The second-order valence-corrected chi connectivity index (χ2v) is 3.69. The number of carbonyl (C=O) groups excluding carboxylic acids is 1. The summed E-state index contributed by atoms with van der Waals surface area (Å²) >= 11 is 0. The van der Waals surface area contributed by atoms with E-state index in [0.29, 0.717) is 6.54 Å². The fourth-order valence-electron chi connectivity index (χ4n) is 1.80. The highest BCUT2D eigenvalue weighted by Gasteiger charge is 2.09. The summed E-state index contributed by atoms with van der Waals surface area (Å²) in [5, 5.41) is 3.05. The van der Waals surface area contributed by atoms with Gasteiger partial charge >= 0.3 is 0 Å². The first kappa shape index (κ1) is 10.2. The van der Waals surface area contributed by atoms with E-state index in [1.807, 2.05) is 12.1 Å². The first-order chi connectivity index (χ1) is 7.40. The third kappa shape index (κ3) is 2.57. The summed E-state index contributed by atoms with van der Waals surface area (Å²) in [5.74, 6) is 1.01. The zero-order chi connectivity index (χ0) is 10.5. The molecular weight excluding hydrogens is 190 g/mol. The highest BCUT2D eigenvalue weighted by Crippen LogP contribution is 2.25. The van der Waals surface area contributed by atoms with Gasteiger partial charge in [-0.2, -0.15) is 0 Å². The molecule has 1 heterocycles. The van der Waals surface area contributed by atoms with Crippen LogP contribution in [0.25, 0.3) is 0 Å². The van der Waals surface area contributed by atoms with Gasteiger partial charge in [0.1, 0.15) is 12.0 Å². The third-order valence-corrected chi connectivity index (χ3v) is 2.53. The van der Waals surface area contributed by atoms with Gasteiger partial charge in [0.15, 0.2) is 0 Å². The van der Waals surface area contributed by atoms with Crippen LogP contribution in [0, 0.1) is 0 Å². The van der Waals surface area contributed by atoms with Crippen molar-refractivity contribution in [2.45, 2.75) is 19.4 Å². The lowest BCUT2D eigenvalue weighted by atomic mass is 10.0. The van der Waals surface area contributed by atoms with Crippen LogP contribution in [-0.2, 0) is 17.8 Å². The zero-order valence-corrected chi connectivity index (χ0v) is 8.66. The van der Waals surface area contributed by atoms with Crippen molar-refractivity contribution in [3.05, 3.63) is 29.3 Å². The molecule has 1 aromatic rings. The van der Waals surface area contributed by atoms with Crippen molar-refractivity contribution in [2.24, 2.45) is 0 Å². The fraction of sp³-hybridized carbons (Fsp3) is 0.417. The van der Waals surface area contributed by atoms with E-state index < -0.39 is 0 Å². The van der Waals surface area contributed by atoms with E-state index >= 15 is 0 Å². The molecule has 0 saturated carbocycles. The average molecular weight is 205 g/mol. The van der Waals surface area contributed by atoms with Crippen molar-refractivity contribution in [1.82, 2.24) is 5.32 Å². The Morgan fingerprint density at radius 3 is 3.27 bits per heavy atom. The molecule has 80 valence electrons. The fourth-order valence-corrected chi connectivity index (χ4v) is 1.80. The first-order valence-corrected chi connectivity index (χ1v) is 5.29. The summed E-state index contributed by atoms with van der Waals surface area (Å²) in [4.78, 5) is 10.1. The molecule has 15 heavy (non-hydrogen) atoms. The predicted molar refractivity (Wildman–Crippen MR) is 58.0 cm³/mol. The van der Waals surface area contributed by atoms with Crippen molar-refractivity contribution < 1.29 is 9.53 Å². The van der Waals surface area contributed by atoms with E-state index in [9.17, 15) is 4.79 Å². The summed E-state index contributed by atoms with van der Waals surface area (Å²) in [6.45, 7) is 1.98. The minimum atomic E-state index is 0.410. The Kier molecular flexibility index (Phi) is 3.35. The molecule has 1 aliphatic rings. The molecule has 3 heteroatoms. The smallest absolute Gasteiger partial charge is 0.133 e. The van der Waals surface area contributed by atoms with Gasteiger partial charge < -0.3 is 14.8 Å². The number of ether oxygens (including phenoxy) is 1. The van der Waals surface area contributed by atoms with Gasteiger partial charge in [-0.25, -0.2) is 0 Å². The molecule has 0 bridgehead atoms. The summed E-state index contributed by atoms with van der Waals surface area (Å²) in [6, 6.07) is 6.22. The van der Waals surface area contributed by atoms with Gasteiger partial charge in [-0.1, -0.05) is 12.1 Å². The number of rotatable bonds is 4. The van der Waals surface area contributed by atoms with Crippen LogP contribution < -0.4 is 10.1 Å².